The monoisotopic (exact) mass is 502 g/mol. The summed E-state index contributed by atoms with van der Waals surface area (Å²) < 4.78 is 38.8. The molecule has 0 amide bonds. The molecule has 0 saturated carbocycles. The Hall–Kier alpha value is -2.45. The van der Waals surface area contributed by atoms with E-state index in [0.29, 0.717) is 11.6 Å². The molecule has 1 aliphatic rings. The van der Waals surface area contributed by atoms with Gasteiger partial charge in [0.15, 0.2) is 0 Å². The number of nitrogens with zero attached hydrogens (tertiary/aromatic N) is 2. The fourth-order valence-corrected chi connectivity index (χ4v) is 5.42. The molecular formula is C27H33F3N4S. The first-order valence-electron chi connectivity index (χ1n) is 12.3. The van der Waals surface area contributed by atoms with Gasteiger partial charge in [0.25, 0.3) is 0 Å². The molecule has 0 unspecified atom stereocenters. The van der Waals surface area contributed by atoms with Crippen LogP contribution in [0.5, 0.6) is 0 Å². The second-order valence-corrected chi connectivity index (χ2v) is 10.2. The standard InChI is InChI=1S/C27H33F3N4S/c28-27(29,30)20-5-10-24-25(19-20)33-15-11-26(24)35-18-4-2-1-3-14-32-22-6-8-23(9-7-22)34-16-12-21(31)13-17-34/h5-11,15,19,21,32H,1-4,12-14,16-18,31H2. The van der Waals surface area contributed by atoms with Crippen molar-refractivity contribution in [2.75, 3.05) is 35.6 Å². The summed E-state index contributed by atoms with van der Waals surface area (Å²) in [4.78, 5) is 7.51. The molecule has 1 fully saturated rings. The Morgan fingerprint density at radius 2 is 1.71 bits per heavy atom. The van der Waals surface area contributed by atoms with Gasteiger partial charge in [-0.15, -0.1) is 11.8 Å². The van der Waals surface area contributed by atoms with Gasteiger partial charge in [0.2, 0.25) is 0 Å². The van der Waals surface area contributed by atoms with E-state index in [0.717, 1.165) is 92.0 Å². The zero-order valence-corrected chi connectivity index (χ0v) is 20.7. The van der Waals surface area contributed by atoms with E-state index in [2.05, 4.69) is 39.5 Å². The number of nitrogens with two attached hydrogens (primary N) is 1. The summed E-state index contributed by atoms with van der Waals surface area (Å²) >= 11 is 1.69. The Morgan fingerprint density at radius 3 is 2.46 bits per heavy atom. The molecular weight excluding hydrogens is 469 g/mol. The molecule has 0 aliphatic carbocycles. The summed E-state index contributed by atoms with van der Waals surface area (Å²) in [5.74, 6) is 0.941. The highest BCUT2D eigenvalue weighted by molar-refractivity contribution is 7.99. The van der Waals surface area contributed by atoms with Gasteiger partial charge < -0.3 is 16.0 Å². The van der Waals surface area contributed by atoms with Crippen molar-refractivity contribution in [2.24, 2.45) is 5.73 Å². The van der Waals surface area contributed by atoms with Crippen LogP contribution >= 0.6 is 11.8 Å². The summed E-state index contributed by atoms with van der Waals surface area (Å²) in [6.45, 7) is 3.01. The molecule has 1 aromatic heterocycles. The number of fused-ring (bicyclic) bond motifs is 1. The van der Waals surface area contributed by atoms with Crippen molar-refractivity contribution in [1.29, 1.82) is 0 Å². The van der Waals surface area contributed by atoms with Crippen LogP contribution in [0.25, 0.3) is 10.9 Å². The van der Waals surface area contributed by atoms with Crippen molar-refractivity contribution in [3.05, 3.63) is 60.3 Å². The first-order valence-corrected chi connectivity index (χ1v) is 13.3. The molecule has 2 aromatic carbocycles. The summed E-state index contributed by atoms with van der Waals surface area (Å²) in [7, 11) is 0. The van der Waals surface area contributed by atoms with E-state index in [1.807, 2.05) is 6.07 Å². The number of hydrogen-bond donors (Lipinski definition) is 2. The van der Waals surface area contributed by atoms with Gasteiger partial charge in [-0.05, 0) is 73.9 Å². The number of alkyl halides is 3. The quantitative estimate of drug-likeness (QED) is 0.232. The lowest BCUT2D eigenvalue weighted by molar-refractivity contribution is -0.137. The van der Waals surface area contributed by atoms with Gasteiger partial charge >= 0.3 is 6.18 Å². The smallest absolute Gasteiger partial charge is 0.385 e. The van der Waals surface area contributed by atoms with E-state index < -0.39 is 11.7 Å². The highest BCUT2D eigenvalue weighted by Gasteiger charge is 2.30. The molecule has 3 aromatic rings. The molecule has 0 spiro atoms. The highest BCUT2D eigenvalue weighted by atomic mass is 32.2. The van der Waals surface area contributed by atoms with Crippen LogP contribution in [-0.4, -0.2) is 36.4 Å². The van der Waals surface area contributed by atoms with Gasteiger partial charge in [-0.1, -0.05) is 18.9 Å². The molecule has 188 valence electrons. The van der Waals surface area contributed by atoms with Crippen molar-refractivity contribution in [3.8, 4) is 0 Å². The van der Waals surface area contributed by atoms with Gasteiger partial charge in [0.05, 0.1) is 11.1 Å². The van der Waals surface area contributed by atoms with Gasteiger partial charge in [-0.2, -0.15) is 13.2 Å². The molecule has 1 saturated heterocycles. The van der Waals surface area contributed by atoms with Crippen LogP contribution in [0.15, 0.2) is 59.6 Å². The number of thioether (sulfide) groups is 1. The van der Waals surface area contributed by atoms with Crippen molar-refractivity contribution < 1.29 is 13.2 Å². The zero-order chi connectivity index (χ0) is 24.7. The summed E-state index contributed by atoms with van der Waals surface area (Å²) in [6.07, 6.45) is 3.81. The summed E-state index contributed by atoms with van der Waals surface area (Å²) in [5, 5.41) is 4.29. The first kappa shape index (κ1) is 25.6. The van der Waals surface area contributed by atoms with Crippen LogP contribution in [0.4, 0.5) is 24.5 Å². The average molecular weight is 503 g/mol. The lowest BCUT2D eigenvalue weighted by Crippen LogP contribution is -2.39. The normalized spacial score (nSPS) is 15.0. The van der Waals surface area contributed by atoms with Crippen LogP contribution in [0.1, 0.15) is 44.1 Å². The second kappa shape index (κ2) is 12.0. The predicted molar refractivity (Wildman–Crippen MR) is 140 cm³/mol. The number of rotatable bonds is 10. The van der Waals surface area contributed by atoms with E-state index in [1.165, 1.54) is 11.8 Å². The molecule has 4 rings (SSSR count). The van der Waals surface area contributed by atoms with Crippen molar-refractivity contribution in [1.82, 2.24) is 4.98 Å². The Balaban J connectivity index is 1.12. The van der Waals surface area contributed by atoms with Crippen molar-refractivity contribution in [2.45, 2.75) is 55.6 Å². The van der Waals surface area contributed by atoms with Crippen LogP contribution < -0.4 is 16.0 Å². The average Bonchev–Trinajstić information content (AvgIpc) is 2.85. The minimum Gasteiger partial charge on any atom is -0.385 e. The maximum Gasteiger partial charge on any atom is 0.416 e. The number of nitrogens with one attached hydrogen (secondary N) is 1. The Morgan fingerprint density at radius 1 is 0.971 bits per heavy atom. The predicted octanol–water partition coefficient (Wildman–Crippen LogP) is 6.95. The molecule has 1 aliphatic heterocycles. The minimum atomic E-state index is -4.35. The molecule has 8 heteroatoms. The molecule has 2 heterocycles. The van der Waals surface area contributed by atoms with Crippen molar-refractivity contribution in [3.63, 3.8) is 0 Å². The third-order valence-corrected chi connectivity index (χ3v) is 7.62. The number of anilines is 2. The van der Waals surface area contributed by atoms with Crippen molar-refractivity contribution >= 4 is 34.0 Å². The molecule has 3 N–H and O–H groups in total. The fraction of sp³-hybridized carbons (Fsp3) is 0.444. The van der Waals surface area contributed by atoms with Gasteiger partial charge in [0.1, 0.15) is 0 Å². The van der Waals surface area contributed by atoms with Crippen LogP contribution in [0.2, 0.25) is 0 Å². The number of halogens is 3. The number of aromatic nitrogens is 1. The number of pyridine rings is 1. The van der Waals surface area contributed by atoms with Crippen LogP contribution in [-0.2, 0) is 6.18 Å². The largest absolute Gasteiger partial charge is 0.416 e. The lowest BCUT2D eigenvalue weighted by atomic mass is 10.1. The topological polar surface area (TPSA) is 54.2 Å². The van der Waals surface area contributed by atoms with Crippen LogP contribution in [0, 0.1) is 0 Å². The number of piperidine rings is 1. The van der Waals surface area contributed by atoms with E-state index in [9.17, 15) is 13.2 Å². The zero-order valence-electron chi connectivity index (χ0n) is 19.9. The maximum atomic E-state index is 12.9. The molecule has 0 radical (unpaired) electrons. The third-order valence-electron chi connectivity index (χ3n) is 6.46. The van der Waals surface area contributed by atoms with Gasteiger partial charge in [-0.25, -0.2) is 0 Å². The number of unbranched alkanes of at least 4 members (excludes halogenated alkanes) is 3. The van der Waals surface area contributed by atoms with E-state index in [-0.39, 0.29) is 0 Å². The second-order valence-electron chi connectivity index (χ2n) is 9.10. The summed E-state index contributed by atoms with van der Waals surface area (Å²) in [6, 6.07) is 14.7. The third kappa shape index (κ3) is 7.27. The van der Waals surface area contributed by atoms with E-state index in [1.54, 1.807) is 18.0 Å². The SMILES string of the molecule is NC1CCN(c2ccc(NCCCCCCSc3ccnc4cc(C(F)(F)F)ccc34)cc2)CC1. The number of hydrogen-bond acceptors (Lipinski definition) is 5. The molecule has 0 bridgehead atoms. The van der Waals surface area contributed by atoms with E-state index in [4.69, 9.17) is 5.73 Å². The summed E-state index contributed by atoms with van der Waals surface area (Å²) in [5.41, 5.74) is 8.15. The lowest BCUT2D eigenvalue weighted by Gasteiger charge is -2.32. The molecule has 4 nitrogen and oxygen atoms in total. The number of benzene rings is 2. The molecule has 35 heavy (non-hydrogen) atoms. The van der Waals surface area contributed by atoms with Gasteiger partial charge in [-0.3, -0.25) is 4.98 Å². The first-order chi connectivity index (χ1) is 16.9. The Kier molecular flexibility index (Phi) is 8.78. The molecule has 0 atom stereocenters. The van der Waals surface area contributed by atoms with E-state index >= 15 is 0 Å². The Bertz CT molecular complexity index is 1080. The minimum absolute atomic E-state index is 0.344. The van der Waals surface area contributed by atoms with Gasteiger partial charge in [0, 0.05) is 53.5 Å². The van der Waals surface area contributed by atoms with Crippen LogP contribution in [0.3, 0.4) is 0 Å². The Labute approximate surface area is 209 Å². The fourth-order valence-electron chi connectivity index (χ4n) is 4.37. The maximum absolute atomic E-state index is 12.9. The highest BCUT2D eigenvalue weighted by Crippen LogP contribution is 2.34.